The number of alkyl carbamates (subject to hydrolysis) is 1. The topological polar surface area (TPSA) is 105 Å². The summed E-state index contributed by atoms with van der Waals surface area (Å²) in [5.74, 6) is 0.550. The van der Waals surface area contributed by atoms with E-state index in [0.717, 1.165) is 38.9 Å². The maximum atomic E-state index is 12.7. The van der Waals surface area contributed by atoms with Gasteiger partial charge in [-0.15, -0.1) is 0 Å². The van der Waals surface area contributed by atoms with Crippen LogP contribution in [0.5, 0.6) is 0 Å². The van der Waals surface area contributed by atoms with Crippen molar-refractivity contribution in [2.24, 2.45) is 5.92 Å². The molecule has 2 heterocycles. The van der Waals surface area contributed by atoms with Crippen molar-refractivity contribution in [3.05, 3.63) is 39.9 Å². The summed E-state index contributed by atoms with van der Waals surface area (Å²) in [5, 5.41) is 13.6. The van der Waals surface area contributed by atoms with Crippen molar-refractivity contribution in [2.75, 3.05) is 33.2 Å². The van der Waals surface area contributed by atoms with Gasteiger partial charge in [0.15, 0.2) is 0 Å². The Morgan fingerprint density at radius 2 is 2.03 bits per heavy atom. The zero-order valence-electron chi connectivity index (χ0n) is 17.0. The molecule has 3 rings (SSSR count). The minimum absolute atomic E-state index is 0.00250. The highest BCUT2D eigenvalue weighted by atomic mass is 32.1. The lowest BCUT2D eigenvalue weighted by atomic mass is 10.1. The number of nitro groups is 1. The standard InChI is InChI=1S/C20H28N4O5S/c1-22-12-17(30)10-18(22)19(25)23-9-7-14(11-23)6-8-21-20(26)29-13-15-2-4-16(5-3-15)24(27)28/h2-5,14,17-18,30H,6-13H2,1H3,(H,21,26)/t14-,17-,18-/m0/s1. The van der Waals surface area contributed by atoms with Gasteiger partial charge < -0.3 is 15.0 Å². The Labute approximate surface area is 181 Å². The molecule has 0 aromatic heterocycles. The highest BCUT2D eigenvalue weighted by Gasteiger charge is 2.37. The van der Waals surface area contributed by atoms with E-state index < -0.39 is 11.0 Å². The third-order valence-corrected chi connectivity index (χ3v) is 6.12. The fraction of sp³-hybridized carbons (Fsp3) is 0.600. The molecule has 10 heteroatoms. The van der Waals surface area contributed by atoms with Gasteiger partial charge in [0, 0.05) is 43.6 Å². The molecular weight excluding hydrogens is 408 g/mol. The Balaban J connectivity index is 1.33. The van der Waals surface area contributed by atoms with E-state index in [0.29, 0.717) is 18.0 Å². The van der Waals surface area contributed by atoms with Crippen LogP contribution < -0.4 is 5.32 Å². The van der Waals surface area contributed by atoms with Crippen molar-refractivity contribution < 1.29 is 19.2 Å². The molecule has 3 atom stereocenters. The van der Waals surface area contributed by atoms with Gasteiger partial charge in [0.05, 0.1) is 11.0 Å². The number of rotatable bonds is 7. The zero-order valence-corrected chi connectivity index (χ0v) is 17.9. The molecule has 0 unspecified atom stereocenters. The number of likely N-dealkylation sites (tertiary alicyclic amines) is 2. The first-order valence-corrected chi connectivity index (χ1v) is 10.7. The molecule has 2 saturated heterocycles. The fourth-order valence-corrected chi connectivity index (χ4v) is 4.49. The highest BCUT2D eigenvalue weighted by molar-refractivity contribution is 7.81. The van der Waals surface area contributed by atoms with E-state index in [9.17, 15) is 19.7 Å². The van der Waals surface area contributed by atoms with Crippen LogP contribution in [0, 0.1) is 16.0 Å². The number of nitrogens with one attached hydrogen (secondary N) is 1. The smallest absolute Gasteiger partial charge is 0.407 e. The molecule has 2 amide bonds. The number of carbonyl (C=O) groups excluding carboxylic acids is 2. The minimum atomic E-state index is -0.522. The molecule has 0 aliphatic carbocycles. The third-order valence-electron chi connectivity index (χ3n) is 5.75. The van der Waals surface area contributed by atoms with Gasteiger partial charge in [-0.2, -0.15) is 12.6 Å². The molecule has 1 aromatic rings. The molecule has 9 nitrogen and oxygen atoms in total. The van der Waals surface area contributed by atoms with E-state index in [1.165, 1.54) is 12.1 Å². The molecule has 2 aliphatic heterocycles. The Bertz CT molecular complexity index is 775. The van der Waals surface area contributed by atoms with Crippen LogP contribution in [0.25, 0.3) is 0 Å². The summed E-state index contributed by atoms with van der Waals surface area (Å²) in [5.41, 5.74) is 0.679. The first kappa shape index (κ1) is 22.4. The molecular formula is C20H28N4O5S. The van der Waals surface area contributed by atoms with Gasteiger partial charge in [-0.1, -0.05) is 0 Å². The van der Waals surface area contributed by atoms with Crippen LogP contribution in [0.2, 0.25) is 0 Å². The molecule has 0 saturated carbocycles. The maximum absolute atomic E-state index is 12.7. The molecule has 1 N–H and O–H groups in total. The molecule has 0 bridgehead atoms. The van der Waals surface area contributed by atoms with Crippen LogP contribution in [0.3, 0.4) is 0 Å². The van der Waals surface area contributed by atoms with Crippen LogP contribution in [-0.4, -0.2) is 71.2 Å². The number of nitrogens with zero attached hydrogens (tertiary/aromatic N) is 3. The van der Waals surface area contributed by atoms with Crippen molar-refractivity contribution in [1.29, 1.82) is 0 Å². The van der Waals surface area contributed by atoms with Crippen LogP contribution in [0.1, 0.15) is 24.8 Å². The average Bonchev–Trinajstić information content (AvgIpc) is 3.32. The van der Waals surface area contributed by atoms with Crippen molar-refractivity contribution >= 4 is 30.3 Å². The number of benzene rings is 1. The predicted molar refractivity (Wildman–Crippen MR) is 114 cm³/mol. The number of nitro benzene ring substituents is 1. The van der Waals surface area contributed by atoms with Gasteiger partial charge in [-0.3, -0.25) is 19.8 Å². The van der Waals surface area contributed by atoms with Crippen LogP contribution in [-0.2, 0) is 16.1 Å². The number of amides is 2. The maximum Gasteiger partial charge on any atom is 0.407 e. The highest BCUT2D eigenvalue weighted by Crippen LogP contribution is 2.25. The number of hydrogen-bond acceptors (Lipinski definition) is 7. The third kappa shape index (κ3) is 5.85. The van der Waals surface area contributed by atoms with E-state index in [2.05, 4.69) is 22.8 Å². The number of likely N-dealkylation sites (N-methyl/N-ethyl adjacent to an activating group) is 1. The van der Waals surface area contributed by atoms with Gasteiger partial charge in [-0.05, 0) is 49.9 Å². The quantitative estimate of drug-likeness (QED) is 0.385. The number of ether oxygens (including phenoxy) is 1. The molecule has 164 valence electrons. The minimum Gasteiger partial charge on any atom is -0.445 e. The Morgan fingerprint density at radius 3 is 2.67 bits per heavy atom. The fourth-order valence-electron chi connectivity index (χ4n) is 4.03. The molecule has 1 aromatic carbocycles. The van der Waals surface area contributed by atoms with Gasteiger partial charge in [0.1, 0.15) is 6.61 Å². The van der Waals surface area contributed by atoms with Gasteiger partial charge >= 0.3 is 6.09 Å². The number of carbonyl (C=O) groups is 2. The van der Waals surface area contributed by atoms with Crippen molar-refractivity contribution in [3.8, 4) is 0 Å². The van der Waals surface area contributed by atoms with Crippen LogP contribution in [0.15, 0.2) is 24.3 Å². The number of non-ortho nitro benzene ring substituents is 1. The molecule has 2 aliphatic rings. The van der Waals surface area contributed by atoms with E-state index in [-0.39, 0.29) is 29.5 Å². The van der Waals surface area contributed by atoms with Crippen molar-refractivity contribution in [2.45, 2.75) is 37.2 Å². The molecule has 30 heavy (non-hydrogen) atoms. The SMILES string of the molecule is CN1C[C@@H](S)C[C@H]1C(=O)N1CC[C@H](CCNC(=O)OCc2ccc([N+](=O)[O-])cc2)C1. The number of hydrogen-bond donors (Lipinski definition) is 2. The lowest BCUT2D eigenvalue weighted by Gasteiger charge is -2.25. The largest absolute Gasteiger partial charge is 0.445 e. The normalized spacial score (nSPS) is 24.1. The monoisotopic (exact) mass is 436 g/mol. The second-order valence-corrected chi connectivity index (χ2v) is 8.73. The van der Waals surface area contributed by atoms with Gasteiger partial charge in [-0.25, -0.2) is 4.79 Å². The summed E-state index contributed by atoms with van der Waals surface area (Å²) in [6.45, 7) is 2.85. The van der Waals surface area contributed by atoms with Crippen molar-refractivity contribution in [1.82, 2.24) is 15.1 Å². The average molecular weight is 437 g/mol. The molecule has 2 fully saturated rings. The summed E-state index contributed by atoms with van der Waals surface area (Å²) in [6, 6.07) is 5.81. The summed E-state index contributed by atoms with van der Waals surface area (Å²) in [4.78, 5) is 38.8. The predicted octanol–water partition coefficient (Wildman–Crippen LogP) is 2.06. The number of thiol groups is 1. The Hall–Kier alpha value is -2.33. The van der Waals surface area contributed by atoms with Gasteiger partial charge in [0.2, 0.25) is 5.91 Å². The van der Waals surface area contributed by atoms with Gasteiger partial charge in [0.25, 0.3) is 5.69 Å². The zero-order chi connectivity index (χ0) is 21.7. The van der Waals surface area contributed by atoms with Crippen LogP contribution >= 0.6 is 12.6 Å². The Kier molecular flexibility index (Phi) is 7.54. The first-order chi connectivity index (χ1) is 14.3. The van der Waals surface area contributed by atoms with E-state index in [1.807, 2.05) is 11.9 Å². The van der Waals surface area contributed by atoms with Crippen molar-refractivity contribution in [3.63, 3.8) is 0 Å². The second kappa shape index (κ2) is 10.1. The molecule has 0 spiro atoms. The van der Waals surface area contributed by atoms with E-state index in [4.69, 9.17) is 4.74 Å². The first-order valence-electron chi connectivity index (χ1n) is 10.1. The van der Waals surface area contributed by atoms with E-state index >= 15 is 0 Å². The lowest BCUT2D eigenvalue weighted by Crippen LogP contribution is -2.43. The summed E-state index contributed by atoms with van der Waals surface area (Å²) >= 11 is 4.49. The molecule has 0 radical (unpaired) electrons. The summed E-state index contributed by atoms with van der Waals surface area (Å²) in [6.07, 6.45) is 1.99. The van der Waals surface area contributed by atoms with Crippen LogP contribution in [0.4, 0.5) is 10.5 Å². The summed E-state index contributed by atoms with van der Waals surface area (Å²) in [7, 11) is 1.97. The second-order valence-electron chi connectivity index (χ2n) is 8.00. The lowest BCUT2D eigenvalue weighted by molar-refractivity contribution is -0.384. The Morgan fingerprint density at radius 1 is 1.30 bits per heavy atom. The summed E-state index contributed by atoms with van der Waals surface area (Å²) < 4.78 is 5.14. The van der Waals surface area contributed by atoms with E-state index in [1.54, 1.807) is 12.1 Å².